The molecule has 0 aliphatic rings. The number of phenolic OH excluding ortho intramolecular Hbond substituents is 2. The molecule has 0 heterocycles. The van der Waals surface area contributed by atoms with Crippen molar-refractivity contribution in [2.75, 3.05) is 11.5 Å². The first kappa shape index (κ1) is 24.4. The van der Waals surface area contributed by atoms with Gasteiger partial charge in [0.2, 0.25) is 69.5 Å². The minimum absolute atomic E-state index is 1.48. The van der Waals surface area contributed by atoms with Crippen LogP contribution in [-0.2, 0) is 0 Å². The fourth-order valence-corrected chi connectivity index (χ4v) is 2.44. The molecule has 0 radical (unpaired) electrons. The summed E-state index contributed by atoms with van der Waals surface area (Å²) < 4.78 is 148. The van der Waals surface area contributed by atoms with Crippen LogP contribution in [-0.4, -0.2) is 10.2 Å². The van der Waals surface area contributed by atoms with Gasteiger partial charge in [-0.15, -0.1) is 0 Å². The largest absolute Gasteiger partial charge is 0.503 e. The van der Waals surface area contributed by atoms with Crippen LogP contribution >= 0.6 is 0 Å². The zero-order chi connectivity index (χ0) is 25.8. The van der Waals surface area contributed by atoms with E-state index in [2.05, 4.69) is 9.47 Å². The number of nitrogen functional groups attached to an aromatic ring is 2. The molecule has 0 fully saturated rings. The predicted molar refractivity (Wildman–Crippen MR) is 91.2 cm³/mol. The number of rotatable bonds is 4. The van der Waals surface area contributed by atoms with Gasteiger partial charge in [-0.25, -0.2) is 8.78 Å². The molecule has 0 atom stereocenters. The smallest absolute Gasteiger partial charge is 0.212 e. The molecule has 6 N–H and O–H groups in total. The first-order chi connectivity index (χ1) is 15.7. The van der Waals surface area contributed by atoms with E-state index in [0.717, 1.165) is 0 Å². The predicted octanol–water partition coefficient (Wildman–Crippen LogP) is 5.24. The number of anilines is 2. The summed E-state index contributed by atoms with van der Waals surface area (Å²) >= 11 is 0. The number of ether oxygens (including phenoxy) is 2. The first-order valence-corrected chi connectivity index (χ1v) is 8.23. The lowest BCUT2D eigenvalue weighted by Crippen LogP contribution is -2.08. The van der Waals surface area contributed by atoms with Crippen molar-refractivity contribution in [1.82, 2.24) is 0 Å². The van der Waals surface area contributed by atoms with Crippen molar-refractivity contribution in [3.63, 3.8) is 0 Å². The van der Waals surface area contributed by atoms with Crippen LogP contribution < -0.4 is 20.9 Å². The normalized spacial score (nSPS) is 11.1. The van der Waals surface area contributed by atoms with Crippen molar-refractivity contribution in [3.05, 3.63) is 58.2 Å². The molecule has 0 aliphatic carbocycles. The number of halogens is 10. The second-order valence-electron chi connectivity index (χ2n) is 6.19. The number of benzene rings is 3. The third-order valence-corrected chi connectivity index (χ3v) is 4.17. The lowest BCUT2D eigenvalue weighted by Gasteiger charge is -2.16. The van der Waals surface area contributed by atoms with E-state index in [9.17, 15) is 54.1 Å². The molecule has 3 aromatic carbocycles. The Kier molecular flexibility index (Phi) is 5.94. The average Bonchev–Trinajstić information content (AvgIpc) is 2.81. The van der Waals surface area contributed by atoms with E-state index in [1.807, 2.05) is 0 Å². The maximum Gasteiger partial charge on any atom is 0.212 e. The molecule has 0 aliphatic heterocycles. The van der Waals surface area contributed by atoms with Crippen molar-refractivity contribution in [2.45, 2.75) is 0 Å². The van der Waals surface area contributed by atoms with Crippen LogP contribution in [0.25, 0.3) is 0 Å². The molecule has 6 nitrogen and oxygen atoms in total. The van der Waals surface area contributed by atoms with Crippen molar-refractivity contribution in [1.29, 1.82) is 0 Å². The van der Waals surface area contributed by atoms with E-state index >= 15 is 0 Å². The van der Waals surface area contributed by atoms with E-state index in [-0.39, 0.29) is 0 Å². The van der Waals surface area contributed by atoms with Crippen LogP contribution in [0.4, 0.5) is 55.3 Å². The summed E-state index contributed by atoms with van der Waals surface area (Å²) in [4.78, 5) is 0. The number of nitrogens with two attached hydrogens (primary N) is 2. The molecular formula is C18H6F10N2O4. The Morgan fingerprint density at radius 2 is 0.588 bits per heavy atom. The molecule has 0 bridgehead atoms. The van der Waals surface area contributed by atoms with Crippen molar-refractivity contribution >= 4 is 11.4 Å². The quantitative estimate of drug-likeness (QED) is 0.168. The van der Waals surface area contributed by atoms with Gasteiger partial charge in [0.15, 0.2) is 23.1 Å². The highest BCUT2D eigenvalue weighted by Gasteiger charge is 2.34. The summed E-state index contributed by atoms with van der Waals surface area (Å²) in [6, 6.07) is 0. The molecule has 182 valence electrons. The van der Waals surface area contributed by atoms with Crippen molar-refractivity contribution in [3.8, 4) is 34.5 Å². The van der Waals surface area contributed by atoms with Gasteiger partial charge in [0.1, 0.15) is 11.4 Å². The average molecular weight is 504 g/mol. The van der Waals surface area contributed by atoms with Gasteiger partial charge < -0.3 is 31.2 Å². The van der Waals surface area contributed by atoms with Crippen LogP contribution in [0, 0.1) is 58.2 Å². The van der Waals surface area contributed by atoms with E-state index < -0.39 is 104 Å². The molecule has 3 rings (SSSR count). The Labute approximate surface area is 180 Å². The van der Waals surface area contributed by atoms with Gasteiger partial charge in [-0.3, -0.25) is 0 Å². The minimum atomic E-state index is -2.65. The molecule has 0 spiro atoms. The lowest BCUT2D eigenvalue weighted by atomic mass is 10.2. The summed E-state index contributed by atoms with van der Waals surface area (Å²) in [7, 11) is 0. The Balaban J connectivity index is 2.18. The van der Waals surface area contributed by atoms with Crippen LogP contribution in [0.1, 0.15) is 0 Å². The highest BCUT2D eigenvalue weighted by Crippen LogP contribution is 2.45. The van der Waals surface area contributed by atoms with E-state index in [1.54, 1.807) is 0 Å². The van der Waals surface area contributed by atoms with Crippen LogP contribution in [0.3, 0.4) is 0 Å². The molecule has 0 saturated heterocycles. The van der Waals surface area contributed by atoms with Crippen molar-refractivity contribution in [2.24, 2.45) is 0 Å². The molecule has 0 aromatic heterocycles. The number of aromatic hydroxyl groups is 2. The highest BCUT2D eigenvalue weighted by molar-refractivity contribution is 5.60. The molecule has 34 heavy (non-hydrogen) atoms. The number of hydrogen-bond donors (Lipinski definition) is 4. The Morgan fingerprint density at radius 3 is 0.853 bits per heavy atom. The standard InChI is InChI=1S/C18H6F10N2O4/c19-1-3(21)17(9(27)13(31)11(1)29)33-15-5(23)7(25)16(8(26)6(15)24)34-18-4(22)2(20)12(30)14(32)10(18)28/h31-32H,29-30H2. The minimum Gasteiger partial charge on any atom is -0.503 e. The zero-order valence-electron chi connectivity index (χ0n) is 15.6. The molecule has 3 aromatic rings. The fraction of sp³-hybridized carbons (Fsp3) is 0. The molecular weight excluding hydrogens is 498 g/mol. The molecule has 0 saturated carbocycles. The Morgan fingerprint density at radius 1 is 0.382 bits per heavy atom. The second kappa shape index (κ2) is 8.27. The van der Waals surface area contributed by atoms with E-state index in [4.69, 9.17) is 11.5 Å². The Hall–Kier alpha value is -4.24. The zero-order valence-corrected chi connectivity index (χ0v) is 15.6. The second-order valence-corrected chi connectivity index (χ2v) is 6.19. The van der Waals surface area contributed by atoms with Crippen LogP contribution in [0.15, 0.2) is 0 Å². The first-order valence-electron chi connectivity index (χ1n) is 8.23. The Bertz CT molecular complexity index is 1180. The van der Waals surface area contributed by atoms with Gasteiger partial charge >= 0.3 is 0 Å². The monoisotopic (exact) mass is 504 g/mol. The van der Waals surface area contributed by atoms with Gasteiger partial charge in [-0.1, -0.05) is 0 Å². The molecule has 0 unspecified atom stereocenters. The summed E-state index contributed by atoms with van der Waals surface area (Å²) in [6.07, 6.45) is 0. The summed E-state index contributed by atoms with van der Waals surface area (Å²) in [5.41, 5.74) is 6.73. The van der Waals surface area contributed by atoms with E-state index in [1.165, 1.54) is 0 Å². The fourth-order valence-electron chi connectivity index (χ4n) is 2.44. The van der Waals surface area contributed by atoms with Crippen molar-refractivity contribution < 1.29 is 63.6 Å². The number of hydrogen-bond acceptors (Lipinski definition) is 6. The van der Waals surface area contributed by atoms with Crippen LogP contribution in [0.5, 0.6) is 34.5 Å². The molecule has 16 heteroatoms. The third kappa shape index (κ3) is 3.46. The van der Waals surface area contributed by atoms with Gasteiger partial charge in [-0.05, 0) is 0 Å². The maximum absolute atomic E-state index is 14.3. The summed E-state index contributed by atoms with van der Waals surface area (Å²) in [5, 5.41) is 18.5. The van der Waals surface area contributed by atoms with Gasteiger partial charge in [0.25, 0.3) is 0 Å². The summed E-state index contributed by atoms with van der Waals surface area (Å²) in [5.74, 6) is -36.4. The lowest BCUT2D eigenvalue weighted by molar-refractivity contribution is 0.298. The SMILES string of the molecule is Nc1c(O)c(F)c(Oc2c(F)c(F)c(Oc3c(F)c(O)c(N)c(F)c3F)c(F)c2F)c(F)c1F. The summed E-state index contributed by atoms with van der Waals surface area (Å²) in [6.45, 7) is 0. The van der Waals surface area contributed by atoms with Gasteiger partial charge in [0.05, 0.1) is 0 Å². The highest BCUT2D eigenvalue weighted by atomic mass is 19.2. The molecule has 0 amide bonds. The topological polar surface area (TPSA) is 111 Å². The van der Waals surface area contributed by atoms with Gasteiger partial charge in [-0.2, -0.15) is 35.1 Å². The van der Waals surface area contributed by atoms with Gasteiger partial charge in [0, 0.05) is 0 Å². The maximum atomic E-state index is 14.3. The van der Waals surface area contributed by atoms with E-state index in [0.29, 0.717) is 0 Å². The third-order valence-electron chi connectivity index (χ3n) is 4.17. The number of phenols is 2. The van der Waals surface area contributed by atoms with Crippen LogP contribution in [0.2, 0.25) is 0 Å².